The summed E-state index contributed by atoms with van der Waals surface area (Å²) >= 11 is 4.41. The summed E-state index contributed by atoms with van der Waals surface area (Å²) in [6, 6.07) is 0. The molecule has 3 nitrogen and oxygen atoms in total. The van der Waals surface area contributed by atoms with Gasteiger partial charge in [-0.05, 0) is 22.4 Å². The third-order valence-electron chi connectivity index (χ3n) is 1.08. The van der Waals surface area contributed by atoms with Crippen molar-refractivity contribution in [3.05, 3.63) is 9.89 Å². The molecular weight excluding hydrogens is 238 g/mol. The molecule has 0 fully saturated rings. The Morgan fingerprint density at radius 3 is 2.60 bits per heavy atom. The summed E-state index contributed by atoms with van der Waals surface area (Å²) in [4.78, 5) is 0. The van der Waals surface area contributed by atoms with Gasteiger partial charge in [-0.2, -0.15) is 0 Å². The van der Waals surface area contributed by atoms with Gasteiger partial charge < -0.3 is 0 Å². The average Bonchev–Trinajstić information content (AvgIpc) is 2.11. The van der Waals surface area contributed by atoms with Crippen LogP contribution < -0.4 is 5.14 Å². The highest BCUT2D eigenvalue weighted by Gasteiger charge is 2.26. The maximum atomic E-state index is 10.7. The van der Waals surface area contributed by atoms with Gasteiger partial charge in [-0.25, -0.2) is 13.6 Å². The van der Waals surface area contributed by atoms with Crippen molar-refractivity contribution >= 4 is 37.7 Å². The largest absolute Gasteiger partial charge is 0.228 e. The molecule has 1 aliphatic heterocycles. The number of thioether (sulfide) groups is 1. The van der Waals surface area contributed by atoms with Gasteiger partial charge in [-0.1, -0.05) is 17.8 Å². The molecule has 0 aromatic heterocycles. The van der Waals surface area contributed by atoms with E-state index in [9.17, 15) is 8.42 Å². The molecule has 1 atom stereocenters. The minimum Gasteiger partial charge on any atom is -0.228 e. The standard InChI is InChI=1S/C4H6BrNO2S2/c5-3-1-2-4(9-3)10(6,7)8/h1,4H,2H2,(H2,6,7,8). The fraction of sp³-hybridized carbons (Fsp3) is 0.500. The van der Waals surface area contributed by atoms with Crippen LogP contribution in [0.5, 0.6) is 0 Å². The molecule has 0 aromatic carbocycles. The maximum Gasteiger partial charge on any atom is 0.222 e. The summed E-state index contributed by atoms with van der Waals surface area (Å²) < 4.78 is 21.7. The molecule has 2 N–H and O–H groups in total. The van der Waals surface area contributed by atoms with Crippen LogP contribution in [-0.2, 0) is 10.0 Å². The van der Waals surface area contributed by atoms with E-state index in [2.05, 4.69) is 15.9 Å². The molecule has 1 unspecified atom stereocenters. The summed E-state index contributed by atoms with van der Waals surface area (Å²) in [5.41, 5.74) is 0. The molecule has 0 amide bonds. The van der Waals surface area contributed by atoms with Crippen LogP contribution in [0.1, 0.15) is 6.42 Å². The number of sulfonamides is 1. The normalized spacial score (nSPS) is 26.6. The van der Waals surface area contributed by atoms with E-state index >= 15 is 0 Å². The molecular formula is C4H6BrNO2S2. The molecule has 0 bridgehead atoms. The Hall–Kier alpha value is 0.480. The van der Waals surface area contributed by atoms with Crippen LogP contribution in [0.4, 0.5) is 0 Å². The first-order chi connectivity index (χ1) is 4.50. The van der Waals surface area contributed by atoms with Crippen molar-refractivity contribution in [2.45, 2.75) is 11.0 Å². The fourth-order valence-electron chi connectivity index (χ4n) is 0.612. The van der Waals surface area contributed by atoms with Crippen molar-refractivity contribution in [1.82, 2.24) is 0 Å². The quantitative estimate of drug-likeness (QED) is 0.747. The summed E-state index contributed by atoms with van der Waals surface area (Å²) in [5, 5.41) is 4.90. The van der Waals surface area contributed by atoms with Crippen LogP contribution >= 0.6 is 27.7 Å². The van der Waals surface area contributed by atoms with Crippen LogP contribution in [0, 0.1) is 0 Å². The second-order valence-electron chi connectivity index (χ2n) is 1.88. The zero-order chi connectivity index (χ0) is 7.78. The third kappa shape index (κ3) is 1.98. The van der Waals surface area contributed by atoms with E-state index in [1.165, 1.54) is 11.8 Å². The zero-order valence-electron chi connectivity index (χ0n) is 4.95. The molecule has 0 saturated carbocycles. The molecule has 0 radical (unpaired) electrons. The molecule has 58 valence electrons. The molecule has 0 spiro atoms. The van der Waals surface area contributed by atoms with E-state index in [-0.39, 0.29) is 0 Å². The van der Waals surface area contributed by atoms with Gasteiger partial charge in [-0.3, -0.25) is 0 Å². The van der Waals surface area contributed by atoms with Gasteiger partial charge in [0.2, 0.25) is 10.0 Å². The highest BCUT2D eigenvalue weighted by atomic mass is 79.9. The molecule has 0 saturated heterocycles. The van der Waals surface area contributed by atoms with Crippen LogP contribution in [0.3, 0.4) is 0 Å². The summed E-state index contributed by atoms with van der Waals surface area (Å²) in [6.07, 6.45) is 2.31. The van der Waals surface area contributed by atoms with Gasteiger partial charge in [0.1, 0.15) is 4.58 Å². The molecule has 1 aliphatic rings. The first kappa shape index (κ1) is 8.58. The zero-order valence-corrected chi connectivity index (χ0v) is 8.17. The van der Waals surface area contributed by atoms with E-state index in [0.717, 1.165) is 3.81 Å². The Morgan fingerprint density at radius 1 is 1.80 bits per heavy atom. The second-order valence-corrected chi connectivity index (χ2v) is 6.55. The number of nitrogens with two attached hydrogens (primary N) is 1. The number of primary sulfonamides is 1. The summed E-state index contributed by atoms with van der Waals surface area (Å²) in [5.74, 6) is 0. The van der Waals surface area contributed by atoms with Crippen molar-refractivity contribution in [3.63, 3.8) is 0 Å². The molecule has 0 aromatic rings. The monoisotopic (exact) mass is 243 g/mol. The number of rotatable bonds is 1. The number of allylic oxidation sites excluding steroid dienone is 1. The van der Waals surface area contributed by atoms with E-state index in [4.69, 9.17) is 5.14 Å². The number of hydrogen-bond acceptors (Lipinski definition) is 3. The maximum absolute atomic E-state index is 10.7. The van der Waals surface area contributed by atoms with Crippen molar-refractivity contribution in [1.29, 1.82) is 0 Å². The van der Waals surface area contributed by atoms with Crippen LogP contribution in [0.15, 0.2) is 9.89 Å². The van der Waals surface area contributed by atoms with Gasteiger partial charge in [0, 0.05) is 3.81 Å². The predicted octanol–water partition coefficient (Wildman–Crippen LogP) is 0.974. The summed E-state index contributed by atoms with van der Waals surface area (Å²) in [6.45, 7) is 0. The van der Waals surface area contributed by atoms with E-state index in [1.807, 2.05) is 0 Å². The molecule has 6 heteroatoms. The van der Waals surface area contributed by atoms with Crippen molar-refractivity contribution in [3.8, 4) is 0 Å². The fourth-order valence-corrected chi connectivity index (χ4v) is 3.69. The Balaban J connectivity index is 2.68. The predicted molar refractivity (Wildman–Crippen MR) is 46.1 cm³/mol. The van der Waals surface area contributed by atoms with Crippen molar-refractivity contribution in [2.75, 3.05) is 0 Å². The van der Waals surface area contributed by atoms with Gasteiger partial charge in [0.05, 0.1) is 0 Å². The second kappa shape index (κ2) is 2.84. The number of halogens is 1. The van der Waals surface area contributed by atoms with E-state index < -0.39 is 14.6 Å². The van der Waals surface area contributed by atoms with E-state index in [1.54, 1.807) is 6.08 Å². The molecule has 0 aliphatic carbocycles. The average molecular weight is 244 g/mol. The molecule has 1 heterocycles. The molecule has 1 rings (SSSR count). The van der Waals surface area contributed by atoms with Crippen molar-refractivity contribution < 1.29 is 8.42 Å². The van der Waals surface area contributed by atoms with E-state index in [0.29, 0.717) is 6.42 Å². The number of hydrogen-bond donors (Lipinski definition) is 1. The highest BCUT2D eigenvalue weighted by molar-refractivity contribution is 9.14. The lowest BCUT2D eigenvalue weighted by molar-refractivity contribution is 0.595. The van der Waals surface area contributed by atoms with Crippen LogP contribution in [-0.4, -0.2) is 13.0 Å². The third-order valence-corrected chi connectivity index (χ3v) is 4.83. The van der Waals surface area contributed by atoms with Gasteiger partial charge in [-0.15, -0.1) is 0 Å². The Bertz CT molecular complexity index is 258. The van der Waals surface area contributed by atoms with Crippen LogP contribution in [0.25, 0.3) is 0 Å². The smallest absolute Gasteiger partial charge is 0.222 e. The lowest BCUT2D eigenvalue weighted by atomic mass is 10.5. The Morgan fingerprint density at radius 2 is 2.40 bits per heavy atom. The Labute approximate surface area is 72.2 Å². The summed E-state index contributed by atoms with van der Waals surface area (Å²) in [7, 11) is -3.35. The lowest BCUT2D eigenvalue weighted by Crippen LogP contribution is -2.23. The molecule has 10 heavy (non-hydrogen) atoms. The SMILES string of the molecule is NS(=O)(=O)C1CC=C(Br)S1. The van der Waals surface area contributed by atoms with Crippen molar-refractivity contribution in [2.24, 2.45) is 5.14 Å². The van der Waals surface area contributed by atoms with Crippen LogP contribution in [0.2, 0.25) is 0 Å². The minimum atomic E-state index is -3.35. The minimum absolute atomic E-state index is 0.484. The van der Waals surface area contributed by atoms with Gasteiger partial charge in [0.25, 0.3) is 0 Å². The Kier molecular flexibility index (Phi) is 2.44. The lowest BCUT2D eigenvalue weighted by Gasteiger charge is -2.03. The van der Waals surface area contributed by atoms with Gasteiger partial charge >= 0.3 is 0 Å². The topological polar surface area (TPSA) is 60.2 Å². The first-order valence-electron chi connectivity index (χ1n) is 2.54. The first-order valence-corrected chi connectivity index (χ1v) is 5.82. The van der Waals surface area contributed by atoms with Gasteiger partial charge in [0.15, 0.2) is 0 Å². The highest BCUT2D eigenvalue weighted by Crippen LogP contribution is 2.37.